The monoisotopic (exact) mass is 433 g/mol. The summed E-state index contributed by atoms with van der Waals surface area (Å²) in [5.41, 5.74) is 3.35. The molecule has 0 unspecified atom stereocenters. The molecule has 2 atom stereocenters. The van der Waals surface area contributed by atoms with Crippen molar-refractivity contribution in [2.45, 2.75) is 26.1 Å². The molecule has 0 radical (unpaired) electrons. The first kappa shape index (κ1) is 23.4. The first-order valence-electron chi connectivity index (χ1n) is 10.7. The lowest BCUT2D eigenvalue weighted by molar-refractivity contribution is -0.147. The normalized spacial score (nSPS) is 12.8. The fourth-order valence-electron chi connectivity index (χ4n) is 3.96. The van der Waals surface area contributed by atoms with E-state index in [1.54, 1.807) is 14.2 Å². The van der Waals surface area contributed by atoms with E-state index in [1.165, 1.54) is 7.11 Å². The quantitative estimate of drug-likeness (QED) is 0.408. The van der Waals surface area contributed by atoms with Crippen molar-refractivity contribution in [3.05, 3.63) is 95.6 Å². The van der Waals surface area contributed by atoms with Crippen molar-refractivity contribution in [2.24, 2.45) is 5.92 Å². The van der Waals surface area contributed by atoms with E-state index in [-0.39, 0.29) is 17.9 Å². The van der Waals surface area contributed by atoms with Crippen LogP contribution in [0.2, 0.25) is 0 Å². The fraction of sp³-hybridized carbons (Fsp3) is 0.296. The topological polar surface area (TPSA) is 48.0 Å². The second-order valence-corrected chi connectivity index (χ2v) is 7.77. The van der Waals surface area contributed by atoms with Crippen LogP contribution in [0, 0.1) is 5.92 Å². The molecule has 3 rings (SSSR count). The summed E-state index contributed by atoms with van der Waals surface area (Å²) < 4.78 is 15.7. The standard InChI is InChI=1S/C27H31NO4/c1-20(27(29)32-4)26(23-8-6-5-7-9-23)28(18-21-10-14-24(30-2)15-11-21)19-22-12-16-25(31-3)17-13-22/h5-17,20,26H,18-19H2,1-4H3/t20-,26+/m0/s1. The van der Waals surface area contributed by atoms with Crippen LogP contribution in [0.15, 0.2) is 78.9 Å². The third kappa shape index (κ3) is 5.89. The Morgan fingerprint density at radius 1 is 0.750 bits per heavy atom. The van der Waals surface area contributed by atoms with E-state index in [0.29, 0.717) is 13.1 Å². The van der Waals surface area contributed by atoms with Gasteiger partial charge in [0.1, 0.15) is 11.5 Å². The maximum Gasteiger partial charge on any atom is 0.310 e. The molecule has 0 aromatic heterocycles. The zero-order chi connectivity index (χ0) is 22.9. The third-order valence-electron chi connectivity index (χ3n) is 5.67. The van der Waals surface area contributed by atoms with E-state index in [2.05, 4.69) is 41.3 Å². The van der Waals surface area contributed by atoms with Crippen LogP contribution < -0.4 is 9.47 Å². The first-order chi connectivity index (χ1) is 15.5. The van der Waals surface area contributed by atoms with Gasteiger partial charge in [-0.3, -0.25) is 9.69 Å². The Morgan fingerprint density at radius 3 is 1.62 bits per heavy atom. The SMILES string of the molecule is COC(=O)[C@@H](C)[C@H](c1ccccc1)N(Cc1ccc(OC)cc1)Cc1ccc(OC)cc1. The summed E-state index contributed by atoms with van der Waals surface area (Å²) in [5.74, 6) is 1.06. The van der Waals surface area contributed by atoms with Crippen LogP contribution >= 0.6 is 0 Å². The summed E-state index contributed by atoms with van der Waals surface area (Å²) in [4.78, 5) is 14.9. The average molecular weight is 434 g/mol. The molecule has 0 bridgehead atoms. The van der Waals surface area contributed by atoms with E-state index in [4.69, 9.17) is 14.2 Å². The van der Waals surface area contributed by atoms with Gasteiger partial charge in [0.2, 0.25) is 0 Å². The molecule has 0 heterocycles. The van der Waals surface area contributed by atoms with Crippen molar-refractivity contribution in [1.29, 1.82) is 0 Å². The van der Waals surface area contributed by atoms with Crippen molar-refractivity contribution in [3.8, 4) is 11.5 Å². The van der Waals surface area contributed by atoms with Crippen LogP contribution in [0.5, 0.6) is 11.5 Å². The van der Waals surface area contributed by atoms with Crippen LogP contribution in [0.1, 0.15) is 29.7 Å². The average Bonchev–Trinajstić information content (AvgIpc) is 2.85. The molecular weight excluding hydrogens is 402 g/mol. The molecule has 168 valence electrons. The Kier molecular flexibility index (Phi) is 8.28. The van der Waals surface area contributed by atoms with Crippen LogP contribution in [0.25, 0.3) is 0 Å². The predicted octanol–water partition coefficient (Wildman–Crippen LogP) is 5.26. The van der Waals surface area contributed by atoms with Crippen molar-refractivity contribution in [1.82, 2.24) is 4.90 Å². The second kappa shape index (κ2) is 11.3. The molecule has 0 saturated carbocycles. The van der Waals surface area contributed by atoms with Gasteiger partial charge in [-0.05, 0) is 41.0 Å². The minimum atomic E-state index is -0.348. The van der Waals surface area contributed by atoms with Crippen molar-refractivity contribution in [3.63, 3.8) is 0 Å². The highest BCUT2D eigenvalue weighted by Gasteiger charge is 2.31. The number of carbonyl (C=O) groups is 1. The zero-order valence-electron chi connectivity index (χ0n) is 19.2. The minimum absolute atomic E-state index is 0.159. The molecule has 3 aromatic carbocycles. The number of nitrogens with zero attached hydrogens (tertiary/aromatic N) is 1. The van der Waals surface area contributed by atoms with Gasteiger partial charge in [-0.15, -0.1) is 0 Å². The zero-order valence-corrected chi connectivity index (χ0v) is 19.2. The van der Waals surface area contributed by atoms with Crippen LogP contribution in [0.4, 0.5) is 0 Å². The lowest BCUT2D eigenvalue weighted by Gasteiger charge is -2.35. The molecule has 3 aromatic rings. The largest absolute Gasteiger partial charge is 0.497 e. The summed E-state index contributed by atoms with van der Waals surface area (Å²) in [7, 11) is 4.76. The Labute approximate surface area is 190 Å². The van der Waals surface area contributed by atoms with Gasteiger partial charge in [-0.1, -0.05) is 61.5 Å². The number of rotatable bonds is 10. The molecule has 0 aliphatic carbocycles. The van der Waals surface area contributed by atoms with Gasteiger partial charge in [-0.25, -0.2) is 0 Å². The maximum absolute atomic E-state index is 12.6. The minimum Gasteiger partial charge on any atom is -0.497 e. The Bertz CT molecular complexity index is 921. The number of benzene rings is 3. The van der Waals surface area contributed by atoms with Crippen LogP contribution in [0.3, 0.4) is 0 Å². The van der Waals surface area contributed by atoms with E-state index < -0.39 is 0 Å². The number of ether oxygens (including phenoxy) is 3. The number of hydrogen-bond acceptors (Lipinski definition) is 5. The van der Waals surface area contributed by atoms with E-state index in [1.807, 2.05) is 49.4 Å². The molecular formula is C27H31NO4. The summed E-state index contributed by atoms with van der Waals surface area (Å²) >= 11 is 0. The van der Waals surface area contributed by atoms with Crippen molar-refractivity contribution < 1.29 is 19.0 Å². The molecule has 0 aliphatic rings. The fourth-order valence-corrected chi connectivity index (χ4v) is 3.96. The summed E-state index contributed by atoms with van der Waals surface area (Å²) in [5, 5.41) is 0. The highest BCUT2D eigenvalue weighted by Crippen LogP contribution is 2.33. The van der Waals surface area contributed by atoms with Gasteiger partial charge >= 0.3 is 5.97 Å². The van der Waals surface area contributed by atoms with E-state index >= 15 is 0 Å². The molecule has 0 aliphatic heterocycles. The van der Waals surface area contributed by atoms with Crippen molar-refractivity contribution in [2.75, 3.05) is 21.3 Å². The molecule has 0 fully saturated rings. The smallest absolute Gasteiger partial charge is 0.310 e. The highest BCUT2D eigenvalue weighted by atomic mass is 16.5. The molecule has 0 N–H and O–H groups in total. The lowest BCUT2D eigenvalue weighted by Crippen LogP contribution is -2.35. The van der Waals surface area contributed by atoms with Crippen LogP contribution in [-0.4, -0.2) is 32.2 Å². The lowest BCUT2D eigenvalue weighted by atomic mass is 9.92. The highest BCUT2D eigenvalue weighted by molar-refractivity contribution is 5.73. The van der Waals surface area contributed by atoms with E-state index in [9.17, 15) is 4.79 Å². The van der Waals surface area contributed by atoms with Gasteiger partial charge < -0.3 is 14.2 Å². The Hall–Kier alpha value is -3.31. The maximum atomic E-state index is 12.6. The Morgan fingerprint density at radius 2 is 1.22 bits per heavy atom. The van der Waals surface area contributed by atoms with Gasteiger partial charge in [0.05, 0.1) is 27.2 Å². The Balaban J connectivity index is 1.99. The molecule has 0 saturated heterocycles. The van der Waals surface area contributed by atoms with Gasteiger partial charge in [0, 0.05) is 19.1 Å². The molecule has 0 spiro atoms. The van der Waals surface area contributed by atoms with Crippen molar-refractivity contribution >= 4 is 5.97 Å². The second-order valence-electron chi connectivity index (χ2n) is 7.77. The number of esters is 1. The van der Waals surface area contributed by atoms with Gasteiger partial charge in [-0.2, -0.15) is 0 Å². The summed E-state index contributed by atoms with van der Waals surface area (Å²) in [6.45, 7) is 3.26. The van der Waals surface area contributed by atoms with Gasteiger partial charge in [0.15, 0.2) is 0 Å². The summed E-state index contributed by atoms with van der Waals surface area (Å²) in [6, 6.07) is 26.1. The molecule has 5 heteroatoms. The molecule has 0 amide bonds. The summed E-state index contributed by atoms with van der Waals surface area (Å²) in [6.07, 6.45) is 0. The number of hydrogen-bond donors (Lipinski definition) is 0. The van der Waals surface area contributed by atoms with Gasteiger partial charge in [0.25, 0.3) is 0 Å². The van der Waals surface area contributed by atoms with E-state index in [0.717, 1.165) is 28.2 Å². The predicted molar refractivity (Wildman–Crippen MR) is 126 cm³/mol. The number of methoxy groups -OCH3 is 3. The molecule has 5 nitrogen and oxygen atoms in total. The third-order valence-corrected chi connectivity index (χ3v) is 5.67. The first-order valence-corrected chi connectivity index (χ1v) is 10.7. The molecule has 32 heavy (non-hydrogen) atoms. The number of carbonyl (C=O) groups excluding carboxylic acids is 1. The van der Waals surface area contributed by atoms with Crippen LogP contribution in [-0.2, 0) is 22.6 Å².